The molecule has 2 atom stereocenters. The number of ether oxygens (including phenoxy) is 2. The highest BCUT2D eigenvalue weighted by Gasteiger charge is 2.25. The molecule has 2 saturated heterocycles. The van der Waals surface area contributed by atoms with Gasteiger partial charge in [0.05, 0.1) is 32.6 Å². The van der Waals surface area contributed by atoms with E-state index in [4.69, 9.17) is 14.5 Å². The molecular weight excluding hydrogens is 366 g/mol. The van der Waals surface area contributed by atoms with Crippen LogP contribution in [0.15, 0.2) is 29.3 Å². The highest BCUT2D eigenvalue weighted by Crippen LogP contribution is 2.28. The van der Waals surface area contributed by atoms with Crippen LogP contribution < -0.4 is 15.0 Å². The summed E-state index contributed by atoms with van der Waals surface area (Å²) in [6.07, 6.45) is 0. The van der Waals surface area contributed by atoms with E-state index in [1.165, 1.54) is 5.69 Å². The zero-order valence-electron chi connectivity index (χ0n) is 18.4. The van der Waals surface area contributed by atoms with Crippen molar-refractivity contribution in [1.82, 2.24) is 15.1 Å². The second-order valence-electron chi connectivity index (χ2n) is 7.85. The van der Waals surface area contributed by atoms with Gasteiger partial charge in [-0.3, -0.25) is 9.89 Å². The molecule has 2 aliphatic heterocycles. The molecule has 0 aliphatic carbocycles. The van der Waals surface area contributed by atoms with Crippen LogP contribution >= 0.6 is 0 Å². The molecule has 0 amide bonds. The van der Waals surface area contributed by atoms with E-state index in [1.807, 2.05) is 12.1 Å². The number of morpholine rings is 1. The fourth-order valence-corrected chi connectivity index (χ4v) is 4.19. The molecule has 2 aliphatic rings. The number of benzene rings is 1. The van der Waals surface area contributed by atoms with Crippen LogP contribution in [-0.4, -0.2) is 94.0 Å². The van der Waals surface area contributed by atoms with E-state index in [-0.39, 0.29) is 0 Å². The Bertz CT molecular complexity index is 660. The molecule has 0 saturated carbocycles. The SMILES string of the molecule is CCNC(=NCC(C)N1CCOCC1C)N1CCN(c2ccccc2OC)CC1. The zero-order chi connectivity index (χ0) is 20.6. The number of anilines is 1. The van der Waals surface area contributed by atoms with Gasteiger partial charge in [-0.2, -0.15) is 0 Å². The number of nitrogens with one attached hydrogen (secondary N) is 1. The summed E-state index contributed by atoms with van der Waals surface area (Å²) in [5.74, 6) is 1.97. The number of aliphatic imine (C=N–C) groups is 1. The summed E-state index contributed by atoms with van der Waals surface area (Å²) in [6, 6.07) is 9.13. The minimum absolute atomic E-state index is 0.414. The van der Waals surface area contributed by atoms with Crippen LogP contribution in [0.4, 0.5) is 5.69 Å². The van der Waals surface area contributed by atoms with E-state index >= 15 is 0 Å². The van der Waals surface area contributed by atoms with Crippen molar-refractivity contribution in [2.45, 2.75) is 32.9 Å². The highest BCUT2D eigenvalue weighted by molar-refractivity contribution is 5.80. The number of hydrogen-bond donors (Lipinski definition) is 1. The molecule has 162 valence electrons. The van der Waals surface area contributed by atoms with Crippen molar-refractivity contribution in [2.75, 3.05) is 71.0 Å². The van der Waals surface area contributed by atoms with Crippen LogP contribution in [0.1, 0.15) is 20.8 Å². The lowest BCUT2D eigenvalue weighted by Gasteiger charge is -2.39. The molecule has 2 fully saturated rings. The molecule has 2 heterocycles. The van der Waals surface area contributed by atoms with Crippen molar-refractivity contribution in [3.63, 3.8) is 0 Å². The van der Waals surface area contributed by atoms with E-state index in [2.05, 4.69) is 52.9 Å². The predicted molar refractivity (Wildman–Crippen MR) is 119 cm³/mol. The Balaban J connectivity index is 1.59. The third-order valence-corrected chi connectivity index (χ3v) is 5.83. The maximum absolute atomic E-state index is 5.57. The summed E-state index contributed by atoms with van der Waals surface area (Å²) in [4.78, 5) is 12.3. The van der Waals surface area contributed by atoms with Crippen molar-refractivity contribution >= 4 is 11.6 Å². The number of methoxy groups -OCH3 is 1. The van der Waals surface area contributed by atoms with E-state index in [0.717, 1.165) is 70.7 Å². The second kappa shape index (κ2) is 10.7. The summed E-state index contributed by atoms with van der Waals surface area (Å²) >= 11 is 0. The molecule has 0 spiro atoms. The van der Waals surface area contributed by atoms with Gasteiger partial charge >= 0.3 is 0 Å². The van der Waals surface area contributed by atoms with Gasteiger partial charge in [0.1, 0.15) is 5.75 Å². The van der Waals surface area contributed by atoms with E-state index in [1.54, 1.807) is 7.11 Å². The van der Waals surface area contributed by atoms with E-state index < -0.39 is 0 Å². The van der Waals surface area contributed by atoms with Gasteiger partial charge in [0.2, 0.25) is 0 Å². The summed E-state index contributed by atoms with van der Waals surface area (Å²) in [7, 11) is 1.74. The molecule has 3 rings (SSSR count). The summed E-state index contributed by atoms with van der Waals surface area (Å²) in [5.41, 5.74) is 1.17. The maximum Gasteiger partial charge on any atom is 0.194 e. The summed E-state index contributed by atoms with van der Waals surface area (Å²) in [6.45, 7) is 14.8. The Morgan fingerprint density at radius 3 is 2.69 bits per heavy atom. The molecule has 1 aromatic rings. The smallest absolute Gasteiger partial charge is 0.194 e. The Hall–Kier alpha value is -1.99. The van der Waals surface area contributed by atoms with Crippen molar-refractivity contribution < 1.29 is 9.47 Å². The van der Waals surface area contributed by atoms with Gasteiger partial charge in [0.25, 0.3) is 0 Å². The van der Waals surface area contributed by atoms with Gasteiger partial charge in [-0.05, 0) is 32.9 Å². The number of hydrogen-bond acceptors (Lipinski definition) is 5. The lowest BCUT2D eigenvalue weighted by atomic mass is 10.2. The first-order valence-corrected chi connectivity index (χ1v) is 10.9. The molecule has 2 unspecified atom stereocenters. The number of rotatable bonds is 6. The van der Waals surface area contributed by atoms with Crippen LogP contribution in [0.25, 0.3) is 0 Å². The van der Waals surface area contributed by atoms with Crippen LogP contribution in [0, 0.1) is 0 Å². The van der Waals surface area contributed by atoms with Crippen LogP contribution in [-0.2, 0) is 4.74 Å². The standard InChI is InChI=1S/C22H37N5O2/c1-5-23-22(24-16-18(2)27-14-15-29-17-19(27)3)26-12-10-25(11-13-26)20-8-6-7-9-21(20)28-4/h6-9,18-19H,5,10-17H2,1-4H3,(H,23,24). The quantitative estimate of drug-likeness (QED) is 0.578. The molecule has 7 heteroatoms. The molecule has 0 radical (unpaired) electrons. The molecule has 1 aromatic carbocycles. The number of nitrogens with zero attached hydrogens (tertiary/aromatic N) is 4. The molecule has 1 N–H and O–H groups in total. The largest absolute Gasteiger partial charge is 0.495 e. The molecule has 0 aromatic heterocycles. The van der Waals surface area contributed by atoms with Crippen LogP contribution in [0.2, 0.25) is 0 Å². The monoisotopic (exact) mass is 403 g/mol. The molecule has 0 bridgehead atoms. The van der Waals surface area contributed by atoms with Crippen molar-refractivity contribution in [1.29, 1.82) is 0 Å². The lowest BCUT2D eigenvalue weighted by molar-refractivity contribution is -0.0166. The molecular formula is C22H37N5O2. The first kappa shape index (κ1) is 21.7. The predicted octanol–water partition coefficient (Wildman–Crippen LogP) is 1.89. The second-order valence-corrected chi connectivity index (χ2v) is 7.85. The molecule has 7 nitrogen and oxygen atoms in total. The normalized spacial score (nSPS) is 22.5. The first-order valence-electron chi connectivity index (χ1n) is 10.9. The van der Waals surface area contributed by atoms with Gasteiger partial charge < -0.3 is 24.6 Å². The maximum atomic E-state index is 5.57. The van der Waals surface area contributed by atoms with Gasteiger partial charge in [-0.25, -0.2) is 0 Å². The Kier molecular flexibility index (Phi) is 8.00. The van der Waals surface area contributed by atoms with Crippen molar-refractivity contribution in [3.8, 4) is 5.75 Å². The topological polar surface area (TPSA) is 52.6 Å². The fraction of sp³-hybridized carbons (Fsp3) is 0.682. The average Bonchev–Trinajstić information content (AvgIpc) is 2.77. The van der Waals surface area contributed by atoms with Crippen molar-refractivity contribution in [2.24, 2.45) is 4.99 Å². The Morgan fingerprint density at radius 1 is 1.24 bits per heavy atom. The number of para-hydroxylation sites is 2. The number of piperazine rings is 1. The minimum Gasteiger partial charge on any atom is -0.495 e. The number of guanidine groups is 1. The average molecular weight is 404 g/mol. The van der Waals surface area contributed by atoms with Crippen LogP contribution in [0.5, 0.6) is 5.75 Å². The van der Waals surface area contributed by atoms with Gasteiger partial charge in [-0.1, -0.05) is 12.1 Å². The van der Waals surface area contributed by atoms with Gasteiger partial charge in [-0.15, -0.1) is 0 Å². The van der Waals surface area contributed by atoms with E-state index in [9.17, 15) is 0 Å². The minimum atomic E-state index is 0.414. The first-order chi connectivity index (χ1) is 14.1. The van der Waals surface area contributed by atoms with Crippen molar-refractivity contribution in [3.05, 3.63) is 24.3 Å². The summed E-state index contributed by atoms with van der Waals surface area (Å²) < 4.78 is 11.1. The Morgan fingerprint density at radius 2 is 2.00 bits per heavy atom. The molecule has 29 heavy (non-hydrogen) atoms. The fourth-order valence-electron chi connectivity index (χ4n) is 4.19. The highest BCUT2D eigenvalue weighted by atomic mass is 16.5. The zero-order valence-corrected chi connectivity index (χ0v) is 18.4. The van der Waals surface area contributed by atoms with Gasteiger partial charge in [0.15, 0.2) is 5.96 Å². The Labute approximate surface area is 175 Å². The third kappa shape index (κ3) is 5.54. The lowest BCUT2D eigenvalue weighted by Crippen LogP contribution is -2.53. The van der Waals surface area contributed by atoms with E-state index in [0.29, 0.717) is 12.1 Å². The van der Waals surface area contributed by atoms with Gasteiger partial charge in [0, 0.05) is 51.4 Å². The van der Waals surface area contributed by atoms with Crippen LogP contribution in [0.3, 0.4) is 0 Å². The third-order valence-electron chi connectivity index (χ3n) is 5.83. The summed E-state index contributed by atoms with van der Waals surface area (Å²) in [5, 5.41) is 3.49.